The van der Waals surface area contributed by atoms with Crippen LogP contribution in [-0.4, -0.2) is 6.04 Å². The summed E-state index contributed by atoms with van der Waals surface area (Å²) in [4.78, 5) is 0. The lowest BCUT2D eigenvalue weighted by molar-refractivity contribution is 0.161. The van der Waals surface area contributed by atoms with E-state index in [9.17, 15) is 0 Å². The molecule has 0 saturated carbocycles. The van der Waals surface area contributed by atoms with Crippen LogP contribution in [0.5, 0.6) is 5.75 Å². The second kappa shape index (κ2) is 8.32. The Morgan fingerprint density at radius 3 is 1.92 bits per heavy atom. The lowest BCUT2D eigenvalue weighted by Gasteiger charge is -2.26. The summed E-state index contributed by atoms with van der Waals surface area (Å²) in [5, 5.41) is 3.59. The molecule has 3 aromatic rings. The molecule has 0 radical (unpaired) electrons. The van der Waals surface area contributed by atoms with E-state index in [2.05, 4.69) is 60.8 Å². The second-order valence-corrected chi connectivity index (χ2v) is 5.92. The van der Waals surface area contributed by atoms with Crippen LogP contribution in [0.15, 0.2) is 91.0 Å². The van der Waals surface area contributed by atoms with Gasteiger partial charge in [-0.1, -0.05) is 78.9 Å². The van der Waals surface area contributed by atoms with Crippen molar-refractivity contribution in [1.29, 1.82) is 0 Å². The minimum absolute atomic E-state index is 0.0442. The van der Waals surface area contributed by atoms with Gasteiger partial charge in [0.2, 0.25) is 0 Å². The minimum atomic E-state index is -0.0442. The summed E-state index contributed by atoms with van der Waals surface area (Å²) in [6.07, 6.45) is -0.0442. The van der Waals surface area contributed by atoms with Crippen molar-refractivity contribution in [2.45, 2.75) is 25.6 Å². The number of para-hydroxylation sites is 1. The van der Waals surface area contributed by atoms with Crippen molar-refractivity contribution >= 4 is 0 Å². The first-order chi connectivity index (χ1) is 11.8. The molecule has 0 amide bonds. The maximum atomic E-state index is 6.29. The van der Waals surface area contributed by atoms with Crippen LogP contribution in [0.2, 0.25) is 0 Å². The van der Waals surface area contributed by atoms with Gasteiger partial charge in [-0.3, -0.25) is 0 Å². The van der Waals surface area contributed by atoms with Gasteiger partial charge in [-0.15, -0.1) is 0 Å². The zero-order valence-corrected chi connectivity index (χ0v) is 13.9. The third kappa shape index (κ3) is 4.46. The molecule has 0 aliphatic heterocycles. The van der Waals surface area contributed by atoms with Crippen LogP contribution < -0.4 is 10.1 Å². The van der Waals surface area contributed by atoms with Crippen molar-refractivity contribution in [3.05, 3.63) is 102 Å². The van der Waals surface area contributed by atoms with Crippen molar-refractivity contribution in [2.75, 3.05) is 0 Å². The van der Waals surface area contributed by atoms with E-state index in [-0.39, 0.29) is 12.1 Å². The largest absolute Gasteiger partial charge is 0.484 e. The lowest BCUT2D eigenvalue weighted by Crippen LogP contribution is -2.34. The number of hydrogen-bond donors (Lipinski definition) is 1. The standard InChI is InChI=1S/C22H23NO/c1-18(23-17-19-11-5-2-6-12-19)22(20-13-7-3-8-14-20)24-21-15-9-4-10-16-21/h2-16,18,22-23H,17H2,1H3/t18-,22+/m1/s1. The molecule has 0 saturated heterocycles. The Hall–Kier alpha value is -2.58. The Morgan fingerprint density at radius 1 is 0.750 bits per heavy atom. The third-order valence-electron chi connectivity index (χ3n) is 4.06. The molecule has 122 valence electrons. The van der Waals surface area contributed by atoms with Gasteiger partial charge in [0.15, 0.2) is 0 Å². The highest BCUT2D eigenvalue weighted by molar-refractivity contribution is 5.25. The van der Waals surface area contributed by atoms with Gasteiger partial charge in [-0.05, 0) is 30.2 Å². The quantitative estimate of drug-likeness (QED) is 0.663. The van der Waals surface area contributed by atoms with Gasteiger partial charge in [0, 0.05) is 12.6 Å². The highest BCUT2D eigenvalue weighted by Gasteiger charge is 2.20. The number of benzene rings is 3. The summed E-state index contributed by atoms with van der Waals surface area (Å²) in [6.45, 7) is 2.99. The summed E-state index contributed by atoms with van der Waals surface area (Å²) < 4.78 is 6.29. The van der Waals surface area contributed by atoms with E-state index in [0.29, 0.717) is 0 Å². The molecular weight excluding hydrogens is 294 g/mol. The van der Waals surface area contributed by atoms with Gasteiger partial charge in [-0.25, -0.2) is 0 Å². The van der Waals surface area contributed by atoms with E-state index in [4.69, 9.17) is 4.74 Å². The fourth-order valence-electron chi connectivity index (χ4n) is 2.73. The molecule has 0 aromatic heterocycles. The molecule has 2 heteroatoms. The van der Waals surface area contributed by atoms with Gasteiger partial charge in [0.1, 0.15) is 11.9 Å². The highest BCUT2D eigenvalue weighted by atomic mass is 16.5. The molecule has 2 nitrogen and oxygen atoms in total. The van der Waals surface area contributed by atoms with Crippen LogP contribution >= 0.6 is 0 Å². The molecule has 0 spiro atoms. The van der Waals surface area contributed by atoms with E-state index in [1.807, 2.05) is 42.5 Å². The van der Waals surface area contributed by atoms with E-state index in [0.717, 1.165) is 12.3 Å². The SMILES string of the molecule is C[C@@H](NCc1ccccc1)[C@H](Oc1ccccc1)c1ccccc1. The normalized spacial score (nSPS) is 13.2. The second-order valence-electron chi connectivity index (χ2n) is 5.92. The van der Waals surface area contributed by atoms with Crippen LogP contribution in [0.4, 0.5) is 0 Å². The summed E-state index contributed by atoms with van der Waals surface area (Å²) in [5.74, 6) is 0.889. The maximum Gasteiger partial charge on any atom is 0.139 e. The zero-order valence-electron chi connectivity index (χ0n) is 13.9. The Morgan fingerprint density at radius 2 is 1.29 bits per heavy atom. The Bertz CT molecular complexity index is 713. The van der Waals surface area contributed by atoms with Gasteiger partial charge in [-0.2, -0.15) is 0 Å². The number of hydrogen-bond acceptors (Lipinski definition) is 2. The van der Waals surface area contributed by atoms with Crippen LogP contribution in [0, 0.1) is 0 Å². The van der Waals surface area contributed by atoms with E-state index >= 15 is 0 Å². The van der Waals surface area contributed by atoms with Crippen molar-refractivity contribution in [1.82, 2.24) is 5.32 Å². The third-order valence-corrected chi connectivity index (χ3v) is 4.06. The van der Waals surface area contributed by atoms with Gasteiger partial charge < -0.3 is 10.1 Å². The summed E-state index contributed by atoms with van der Waals surface area (Å²) in [7, 11) is 0. The smallest absolute Gasteiger partial charge is 0.139 e. The fourth-order valence-corrected chi connectivity index (χ4v) is 2.73. The average molecular weight is 317 g/mol. The molecule has 0 unspecified atom stereocenters. The monoisotopic (exact) mass is 317 g/mol. The first-order valence-corrected chi connectivity index (χ1v) is 8.37. The molecular formula is C22H23NO. The van der Waals surface area contributed by atoms with E-state index in [1.165, 1.54) is 11.1 Å². The van der Waals surface area contributed by atoms with Crippen molar-refractivity contribution < 1.29 is 4.74 Å². The van der Waals surface area contributed by atoms with Gasteiger partial charge in [0.05, 0.1) is 0 Å². The molecule has 2 atom stereocenters. The molecule has 0 heterocycles. The first-order valence-electron chi connectivity index (χ1n) is 8.37. The van der Waals surface area contributed by atoms with Crippen molar-refractivity contribution in [3.8, 4) is 5.75 Å². The Balaban J connectivity index is 1.73. The fraction of sp³-hybridized carbons (Fsp3) is 0.182. The summed E-state index contributed by atoms with van der Waals surface area (Å²) in [6, 6.07) is 31.0. The lowest BCUT2D eigenvalue weighted by atomic mass is 10.0. The van der Waals surface area contributed by atoms with Crippen LogP contribution in [0.3, 0.4) is 0 Å². The highest BCUT2D eigenvalue weighted by Crippen LogP contribution is 2.25. The number of nitrogens with one attached hydrogen (secondary N) is 1. The van der Waals surface area contributed by atoms with E-state index in [1.54, 1.807) is 0 Å². The van der Waals surface area contributed by atoms with Crippen LogP contribution in [0.1, 0.15) is 24.2 Å². The first kappa shape index (κ1) is 16.3. The summed E-state index contributed by atoms with van der Waals surface area (Å²) >= 11 is 0. The topological polar surface area (TPSA) is 21.3 Å². The molecule has 3 rings (SSSR count). The molecule has 24 heavy (non-hydrogen) atoms. The average Bonchev–Trinajstić information content (AvgIpc) is 2.66. The maximum absolute atomic E-state index is 6.29. The van der Waals surface area contributed by atoms with Crippen LogP contribution in [-0.2, 0) is 6.54 Å². The van der Waals surface area contributed by atoms with Crippen molar-refractivity contribution in [2.24, 2.45) is 0 Å². The molecule has 0 aliphatic rings. The van der Waals surface area contributed by atoms with Crippen molar-refractivity contribution in [3.63, 3.8) is 0 Å². The number of rotatable bonds is 7. The minimum Gasteiger partial charge on any atom is -0.484 e. The van der Waals surface area contributed by atoms with E-state index < -0.39 is 0 Å². The van der Waals surface area contributed by atoms with Gasteiger partial charge >= 0.3 is 0 Å². The molecule has 3 aromatic carbocycles. The number of ether oxygens (including phenoxy) is 1. The van der Waals surface area contributed by atoms with Gasteiger partial charge in [0.25, 0.3) is 0 Å². The predicted octanol–water partition coefficient (Wildman–Crippen LogP) is 4.99. The predicted molar refractivity (Wildman–Crippen MR) is 99.0 cm³/mol. The van der Waals surface area contributed by atoms with Crippen LogP contribution in [0.25, 0.3) is 0 Å². The summed E-state index contributed by atoms with van der Waals surface area (Å²) in [5.41, 5.74) is 2.45. The Labute approximate surface area is 144 Å². The Kier molecular flexibility index (Phi) is 5.65. The molecule has 0 bridgehead atoms. The zero-order chi connectivity index (χ0) is 16.6. The molecule has 1 N–H and O–H groups in total. The molecule has 0 fully saturated rings. The molecule has 0 aliphatic carbocycles.